The van der Waals surface area contributed by atoms with Gasteiger partial charge in [-0.05, 0) is 67.1 Å². The van der Waals surface area contributed by atoms with Gasteiger partial charge in [0.15, 0.2) is 0 Å². The Labute approximate surface area is 229 Å². The highest BCUT2D eigenvalue weighted by atomic mass is 16.1. The molecule has 4 heteroatoms. The summed E-state index contributed by atoms with van der Waals surface area (Å²) in [6.45, 7) is 5.18. The zero-order valence-corrected chi connectivity index (χ0v) is 22.4. The van der Waals surface area contributed by atoms with E-state index < -0.39 is 0 Å². The zero-order chi connectivity index (χ0) is 26.5. The maximum absolute atomic E-state index is 13.6. The molecule has 1 aliphatic carbocycles. The molecule has 2 aliphatic rings. The lowest BCUT2D eigenvalue weighted by Gasteiger charge is -2.38. The summed E-state index contributed by atoms with van der Waals surface area (Å²) in [4.78, 5) is 13.6. The van der Waals surface area contributed by atoms with E-state index in [0.717, 1.165) is 24.2 Å². The van der Waals surface area contributed by atoms with Gasteiger partial charge in [-0.1, -0.05) is 78.9 Å². The van der Waals surface area contributed by atoms with Gasteiger partial charge in [0.1, 0.15) is 0 Å². The molecule has 39 heavy (non-hydrogen) atoms. The summed E-state index contributed by atoms with van der Waals surface area (Å²) in [7, 11) is 0. The standard InChI is InChI=1S/C35H33N3O/c1-3-38-31-18-8-7-13-26(31)30-21-24(19-20-32(30)38)33-27-15-9-14-25(27)28-16-10-17-29(34(28)37-33)35(39)36-22(2)23-11-5-4-6-12-23/h4-14,16-22,25,27,33,37H,3,15H2,1-2H3,(H,36,39). The number of benzene rings is 4. The lowest BCUT2D eigenvalue weighted by atomic mass is 9.76. The summed E-state index contributed by atoms with van der Waals surface area (Å²) < 4.78 is 2.40. The van der Waals surface area contributed by atoms with Crippen molar-refractivity contribution in [1.29, 1.82) is 0 Å². The number of fused-ring (bicyclic) bond motifs is 6. The third-order valence-electron chi connectivity index (χ3n) is 8.76. The second kappa shape index (κ2) is 9.46. The molecule has 2 heterocycles. The van der Waals surface area contributed by atoms with Crippen LogP contribution in [0.2, 0.25) is 0 Å². The summed E-state index contributed by atoms with van der Waals surface area (Å²) in [5.74, 6) is 0.658. The van der Waals surface area contributed by atoms with Gasteiger partial charge in [0, 0.05) is 34.3 Å². The van der Waals surface area contributed by atoms with Crippen molar-refractivity contribution in [2.24, 2.45) is 5.92 Å². The average Bonchev–Trinajstić information content (AvgIpc) is 3.60. The third-order valence-corrected chi connectivity index (χ3v) is 8.76. The molecule has 4 aromatic carbocycles. The van der Waals surface area contributed by atoms with Crippen LogP contribution in [0.1, 0.15) is 65.3 Å². The first-order chi connectivity index (χ1) is 19.1. The molecule has 1 aromatic heterocycles. The highest BCUT2D eigenvalue weighted by molar-refractivity contribution is 6.08. The van der Waals surface area contributed by atoms with E-state index >= 15 is 0 Å². The third kappa shape index (κ3) is 3.85. The number of aromatic nitrogens is 1. The van der Waals surface area contributed by atoms with Crippen molar-refractivity contribution in [3.05, 3.63) is 125 Å². The van der Waals surface area contributed by atoms with Crippen molar-refractivity contribution in [2.45, 2.75) is 44.8 Å². The summed E-state index contributed by atoms with van der Waals surface area (Å²) in [6, 6.07) is 32.0. The fourth-order valence-corrected chi connectivity index (χ4v) is 6.85. The van der Waals surface area contributed by atoms with Gasteiger partial charge in [0.25, 0.3) is 5.91 Å². The predicted molar refractivity (Wildman–Crippen MR) is 160 cm³/mol. The number of aryl methyl sites for hydroxylation is 1. The number of hydrogen-bond acceptors (Lipinski definition) is 2. The van der Waals surface area contributed by atoms with Crippen LogP contribution in [0.25, 0.3) is 21.8 Å². The van der Waals surface area contributed by atoms with Gasteiger partial charge >= 0.3 is 0 Å². The van der Waals surface area contributed by atoms with Crippen LogP contribution in [0.3, 0.4) is 0 Å². The molecule has 4 unspecified atom stereocenters. The van der Waals surface area contributed by atoms with Gasteiger partial charge in [-0.3, -0.25) is 4.79 Å². The SMILES string of the molecule is CCn1c2ccccc2c2cc(C3Nc4c(C(=O)NC(C)c5ccccc5)cccc4C4C=CCC43)ccc21. The highest BCUT2D eigenvalue weighted by Gasteiger charge is 2.39. The predicted octanol–water partition coefficient (Wildman–Crippen LogP) is 8.13. The molecule has 4 nitrogen and oxygen atoms in total. The molecule has 0 spiro atoms. The Hall–Kier alpha value is -4.31. The number of rotatable bonds is 5. The van der Waals surface area contributed by atoms with E-state index in [9.17, 15) is 4.79 Å². The van der Waals surface area contributed by atoms with Crippen LogP contribution in [0, 0.1) is 5.92 Å². The molecule has 5 aromatic rings. The van der Waals surface area contributed by atoms with Gasteiger partial charge in [-0.25, -0.2) is 0 Å². The van der Waals surface area contributed by atoms with Crippen molar-refractivity contribution < 1.29 is 4.79 Å². The summed E-state index contributed by atoms with van der Waals surface area (Å²) in [6.07, 6.45) is 5.68. The average molecular weight is 512 g/mol. The maximum atomic E-state index is 13.6. The van der Waals surface area contributed by atoms with Gasteiger partial charge < -0.3 is 15.2 Å². The topological polar surface area (TPSA) is 46.1 Å². The smallest absolute Gasteiger partial charge is 0.253 e. The molecule has 0 saturated carbocycles. The Morgan fingerprint density at radius 2 is 1.74 bits per heavy atom. The van der Waals surface area contributed by atoms with Crippen LogP contribution < -0.4 is 10.6 Å². The largest absolute Gasteiger partial charge is 0.377 e. The Balaban J connectivity index is 1.28. The van der Waals surface area contributed by atoms with E-state index in [4.69, 9.17) is 0 Å². The molecule has 1 aliphatic heterocycles. The van der Waals surface area contributed by atoms with E-state index in [2.05, 4.69) is 94.9 Å². The molecule has 0 radical (unpaired) electrons. The number of allylic oxidation sites excluding steroid dienone is 2. The van der Waals surface area contributed by atoms with Crippen molar-refractivity contribution in [3.8, 4) is 0 Å². The molecule has 194 valence electrons. The molecule has 2 N–H and O–H groups in total. The van der Waals surface area contributed by atoms with Gasteiger partial charge in [0.2, 0.25) is 0 Å². The van der Waals surface area contributed by atoms with Crippen LogP contribution in [0.15, 0.2) is 103 Å². The number of nitrogens with zero attached hydrogens (tertiary/aromatic N) is 1. The fourth-order valence-electron chi connectivity index (χ4n) is 6.85. The number of hydrogen-bond donors (Lipinski definition) is 2. The molecular formula is C35H33N3O. The maximum Gasteiger partial charge on any atom is 0.253 e. The van der Waals surface area contributed by atoms with Crippen LogP contribution in [0.5, 0.6) is 0 Å². The van der Waals surface area contributed by atoms with Crippen LogP contribution >= 0.6 is 0 Å². The van der Waals surface area contributed by atoms with E-state index in [1.54, 1.807) is 0 Å². The molecule has 0 saturated heterocycles. The first-order valence-electron chi connectivity index (χ1n) is 14.1. The number of para-hydroxylation sites is 2. The summed E-state index contributed by atoms with van der Waals surface area (Å²) in [5.41, 5.74) is 7.81. The minimum Gasteiger partial charge on any atom is -0.377 e. The van der Waals surface area contributed by atoms with Crippen LogP contribution in [0.4, 0.5) is 5.69 Å². The Bertz CT molecular complexity index is 1730. The van der Waals surface area contributed by atoms with E-state index in [0.29, 0.717) is 17.4 Å². The monoisotopic (exact) mass is 511 g/mol. The highest BCUT2D eigenvalue weighted by Crippen LogP contribution is 2.51. The normalized spacial score (nSPS) is 20.4. The van der Waals surface area contributed by atoms with E-state index in [1.807, 2.05) is 37.3 Å². The van der Waals surface area contributed by atoms with Gasteiger partial charge in [-0.2, -0.15) is 0 Å². The first kappa shape index (κ1) is 23.8. The molecule has 0 fully saturated rings. The van der Waals surface area contributed by atoms with Crippen LogP contribution in [-0.4, -0.2) is 10.5 Å². The quantitative estimate of drug-likeness (QED) is 0.234. The number of nitrogens with one attached hydrogen (secondary N) is 2. The molecule has 7 rings (SSSR count). The fraction of sp³-hybridized carbons (Fsp3) is 0.229. The van der Waals surface area contributed by atoms with E-state index in [1.165, 1.54) is 32.9 Å². The second-order valence-electron chi connectivity index (χ2n) is 10.9. The van der Waals surface area contributed by atoms with Crippen molar-refractivity contribution in [3.63, 3.8) is 0 Å². The molecule has 1 amide bonds. The Kier molecular flexibility index (Phi) is 5.77. The van der Waals surface area contributed by atoms with Gasteiger partial charge in [0.05, 0.1) is 23.3 Å². The number of carbonyl (C=O) groups is 1. The lowest BCUT2D eigenvalue weighted by Crippen LogP contribution is -2.32. The van der Waals surface area contributed by atoms with Gasteiger partial charge in [-0.15, -0.1) is 0 Å². The zero-order valence-electron chi connectivity index (χ0n) is 22.4. The minimum absolute atomic E-state index is 0.0450. The minimum atomic E-state index is -0.0774. The Morgan fingerprint density at radius 3 is 2.59 bits per heavy atom. The number of anilines is 1. The molecular weight excluding hydrogens is 478 g/mol. The van der Waals surface area contributed by atoms with Crippen molar-refractivity contribution in [1.82, 2.24) is 9.88 Å². The van der Waals surface area contributed by atoms with Crippen LogP contribution in [-0.2, 0) is 6.54 Å². The Morgan fingerprint density at radius 1 is 0.949 bits per heavy atom. The summed E-state index contributed by atoms with van der Waals surface area (Å²) >= 11 is 0. The van der Waals surface area contributed by atoms with Crippen molar-refractivity contribution >= 4 is 33.4 Å². The first-order valence-corrected chi connectivity index (χ1v) is 14.1. The molecule has 0 bridgehead atoms. The molecule has 4 atom stereocenters. The lowest BCUT2D eigenvalue weighted by molar-refractivity contribution is 0.0940. The number of amides is 1. The number of carbonyl (C=O) groups excluding carboxylic acids is 1. The van der Waals surface area contributed by atoms with E-state index in [-0.39, 0.29) is 18.0 Å². The second-order valence-corrected chi connectivity index (χ2v) is 10.9. The summed E-state index contributed by atoms with van der Waals surface area (Å²) in [5, 5.41) is 9.69. The van der Waals surface area contributed by atoms with Crippen molar-refractivity contribution in [2.75, 3.05) is 5.32 Å².